The summed E-state index contributed by atoms with van der Waals surface area (Å²) in [7, 11) is 0. The zero-order valence-electron chi connectivity index (χ0n) is 75.5. The Hall–Kier alpha value is -16.7. The zero-order valence-corrected chi connectivity index (χ0v) is 75.5. The lowest BCUT2D eigenvalue weighted by Crippen LogP contribution is -2.07. The van der Waals surface area contributed by atoms with Crippen molar-refractivity contribution in [3.8, 4) is 158 Å². The molecule has 4 heterocycles. The molecule has 0 aliphatic heterocycles. The first kappa shape index (κ1) is 92.0. The van der Waals surface area contributed by atoms with Crippen LogP contribution in [0.25, 0.3) is 201 Å². The van der Waals surface area contributed by atoms with E-state index in [0.29, 0.717) is 168 Å². The maximum Gasteiger partial charge on any atom is 0.417 e. The normalized spacial score (nSPS) is 12.1. The number of benzene rings is 17. The standard InChI is InChI=1S/C63H41F9N4.C55H36F6N4/c1-36-14-17-39(18-15-36)50-34-45(60-74-58(41-10-6-4-7-11-41)73-59(75-60)42-12-8-5-9-13-42)35-51(40-19-23-46(24-20-40)61(64,65)66)57(50)76-55-28-21-43(48-27-25-47(31-38(48)3)62(67,68)69)32-52(55)53-33-44(22-29-56(53)76)49-26-16-37(2)30-54(49)63(70,71)72;1-33-17-20-35(21-18-33)44-31-40(53-63-51(37-11-5-3-6-12-37)62-52(64-53)38-13-7-4-8-14-38)32-45(36-22-25-41(26-23-36)54(56,57)58)50(44)65-48-16-10-9-15-43(48)46-30-39(24-28-49(46)65)42-27-19-34(2)29-47(42)55(59,60)61/h4-35H,1-3H3;3-32H,1-2H3. The van der Waals surface area contributed by atoms with E-state index in [-0.39, 0.29) is 22.5 Å². The van der Waals surface area contributed by atoms with Crippen molar-refractivity contribution in [2.24, 2.45) is 0 Å². The zero-order chi connectivity index (χ0) is 98.3. The minimum Gasteiger partial charge on any atom is -0.308 e. The number of fused-ring (bicyclic) bond motifs is 6. The van der Waals surface area contributed by atoms with Gasteiger partial charge in [0.2, 0.25) is 0 Å². The highest BCUT2D eigenvalue weighted by molar-refractivity contribution is 6.15. The molecule has 141 heavy (non-hydrogen) atoms. The van der Waals surface area contributed by atoms with Crippen LogP contribution in [0.15, 0.2) is 376 Å². The number of para-hydroxylation sites is 1. The number of halogens is 15. The Morgan fingerprint density at radius 1 is 0.177 bits per heavy atom. The molecule has 0 atom stereocenters. The quantitative estimate of drug-likeness (QED) is 0.0951. The molecule has 0 saturated carbocycles. The summed E-state index contributed by atoms with van der Waals surface area (Å²) in [6.07, 6.45) is -23.1. The van der Waals surface area contributed by atoms with Crippen LogP contribution < -0.4 is 0 Å². The van der Waals surface area contributed by atoms with Crippen molar-refractivity contribution < 1.29 is 65.9 Å². The van der Waals surface area contributed by atoms with Crippen molar-refractivity contribution in [1.82, 2.24) is 39.0 Å². The summed E-state index contributed by atoms with van der Waals surface area (Å²) in [6, 6.07) is 106. The largest absolute Gasteiger partial charge is 0.417 e. The first-order valence-corrected chi connectivity index (χ1v) is 44.9. The second-order valence-corrected chi connectivity index (χ2v) is 34.8. The molecule has 0 fully saturated rings. The minimum absolute atomic E-state index is 0.0547. The molecule has 21 aromatic rings. The molecule has 0 aliphatic rings. The van der Waals surface area contributed by atoms with E-state index in [1.54, 1.807) is 69.3 Å². The second-order valence-electron chi connectivity index (χ2n) is 34.8. The summed E-state index contributed by atoms with van der Waals surface area (Å²) in [4.78, 5) is 29.9. The van der Waals surface area contributed by atoms with E-state index in [0.717, 1.165) is 87.3 Å². The van der Waals surface area contributed by atoms with Crippen LogP contribution in [0, 0.1) is 34.6 Å². The maximum absolute atomic E-state index is 14.8. The summed E-state index contributed by atoms with van der Waals surface area (Å²) in [5.74, 6) is 2.24. The van der Waals surface area contributed by atoms with Gasteiger partial charge in [0.25, 0.3) is 0 Å². The molecule has 0 N–H and O–H groups in total. The molecule has 0 saturated heterocycles. The van der Waals surface area contributed by atoms with Crippen LogP contribution in [0.2, 0.25) is 0 Å². The van der Waals surface area contributed by atoms with Gasteiger partial charge in [-0.25, -0.2) is 29.9 Å². The van der Waals surface area contributed by atoms with Gasteiger partial charge in [0, 0.05) is 77.2 Å². The molecule has 17 aromatic carbocycles. The lowest BCUT2D eigenvalue weighted by Gasteiger charge is -2.21. The Kier molecular flexibility index (Phi) is 23.7. The number of aromatic nitrogens is 8. The lowest BCUT2D eigenvalue weighted by molar-refractivity contribution is -0.138. The van der Waals surface area contributed by atoms with E-state index in [9.17, 15) is 65.9 Å². The van der Waals surface area contributed by atoms with Crippen LogP contribution in [0.1, 0.15) is 55.6 Å². The third kappa shape index (κ3) is 18.4. The Morgan fingerprint density at radius 2 is 0.433 bits per heavy atom. The molecule has 0 unspecified atom stereocenters. The SMILES string of the molecule is Cc1ccc(-c2cc(-c3nc(-c4ccccc4)nc(-c4ccccc4)n3)cc(-c3ccc(C(F)(F)F)cc3)c2-n2c3ccc(-c4ccc(C(F)(F)F)cc4C)cc3c3cc(-c4ccc(C)cc4C(F)(F)F)ccc32)cc1.Cc1ccc(-c2cc(-c3nc(-c4ccccc4)nc(-c4ccccc4)n3)cc(-c3ccc(C(F)(F)F)cc3)c2-n2c3ccccc3c3cc(-c4ccc(C)cc4C(F)(F)F)ccc32)cc1. The molecule has 0 bridgehead atoms. The average molecular weight is 1890 g/mol. The molecule has 23 heteroatoms. The predicted molar refractivity (Wildman–Crippen MR) is 528 cm³/mol. The average Bonchev–Trinajstić information content (AvgIpc) is 1.57. The third-order valence-corrected chi connectivity index (χ3v) is 25.2. The molecule has 8 nitrogen and oxygen atoms in total. The number of nitrogens with zero attached hydrogens (tertiary/aromatic N) is 8. The molecule has 4 aromatic heterocycles. The Balaban J connectivity index is 0.000000175. The summed E-state index contributed by atoms with van der Waals surface area (Å²) in [5, 5.41) is 2.52. The van der Waals surface area contributed by atoms with Gasteiger partial charge in [-0.2, -0.15) is 65.9 Å². The van der Waals surface area contributed by atoms with Crippen molar-refractivity contribution >= 4 is 43.6 Å². The lowest BCUT2D eigenvalue weighted by atomic mass is 9.91. The monoisotopic (exact) mass is 1890 g/mol. The van der Waals surface area contributed by atoms with E-state index in [1.807, 2.05) is 255 Å². The number of hydrogen-bond acceptors (Lipinski definition) is 6. The topological polar surface area (TPSA) is 87.2 Å². The molecule has 0 amide bonds. The van der Waals surface area contributed by atoms with Crippen molar-refractivity contribution in [3.05, 3.63) is 432 Å². The second kappa shape index (κ2) is 36.3. The molecule has 694 valence electrons. The van der Waals surface area contributed by atoms with Gasteiger partial charge in [-0.3, -0.25) is 0 Å². The first-order valence-electron chi connectivity index (χ1n) is 44.9. The highest BCUT2D eigenvalue weighted by Crippen LogP contribution is 2.52. The molecule has 0 radical (unpaired) electrons. The summed E-state index contributed by atoms with van der Waals surface area (Å²) >= 11 is 0. The van der Waals surface area contributed by atoms with Crippen LogP contribution in [0.5, 0.6) is 0 Å². The fourth-order valence-corrected chi connectivity index (χ4v) is 18.3. The number of aryl methyl sites for hydroxylation is 5. The van der Waals surface area contributed by atoms with Crippen LogP contribution in [0.3, 0.4) is 0 Å². The van der Waals surface area contributed by atoms with Gasteiger partial charge >= 0.3 is 30.9 Å². The smallest absolute Gasteiger partial charge is 0.308 e. The van der Waals surface area contributed by atoms with Gasteiger partial charge in [-0.1, -0.05) is 283 Å². The van der Waals surface area contributed by atoms with E-state index < -0.39 is 58.7 Å². The highest BCUT2D eigenvalue weighted by atomic mass is 19.4. The number of alkyl halides is 15. The van der Waals surface area contributed by atoms with Gasteiger partial charge in [-0.15, -0.1) is 0 Å². The van der Waals surface area contributed by atoms with E-state index in [2.05, 4.69) is 4.57 Å². The molecular formula is C118H77F15N8. The third-order valence-electron chi connectivity index (χ3n) is 25.2. The van der Waals surface area contributed by atoms with E-state index in [1.165, 1.54) is 42.5 Å². The van der Waals surface area contributed by atoms with Crippen LogP contribution in [-0.2, 0) is 30.9 Å². The minimum atomic E-state index is -4.71. The fraction of sp³-hybridized carbons (Fsp3) is 0.0847. The van der Waals surface area contributed by atoms with Crippen molar-refractivity contribution in [1.29, 1.82) is 0 Å². The first-order chi connectivity index (χ1) is 67.6. The van der Waals surface area contributed by atoms with Gasteiger partial charge in [0.15, 0.2) is 34.9 Å². The highest BCUT2D eigenvalue weighted by Gasteiger charge is 2.39. The van der Waals surface area contributed by atoms with Crippen molar-refractivity contribution in [3.63, 3.8) is 0 Å². The van der Waals surface area contributed by atoms with Crippen LogP contribution in [-0.4, -0.2) is 39.0 Å². The molecule has 21 rings (SSSR count). The molecule has 0 spiro atoms. The number of hydrogen-bond donors (Lipinski definition) is 0. The molecule has 0 aliphatic carbocycles. The van der Waals surface area contributed by atoms with Crippen LogP contribution in [0.4, 0.5) is 65.9 Å². The summed E-state index contributed by atoms with van der Waals surface area (Å²) < 4.78 is 219. The predicted octanol–water partition coefficient (Wildman–Crippen LogP) is 34.2. The Morgan fingerprint density at radius 3 is 0.745 bits per heavy atom. The maximum atomic E-state index is 14.8. The van der Waals surface area contributed by atoms with Gasteiger partial charge in [0.1, 0.15) is 0 Å². The van der Waals surface area contributed by atoms with Crippen LogP contribution >= 0.6 is 0 Å². The number of rotatable bonds is 15. The Bertz CT molecular complexity index is 8270. The van der Waals surface area contributed by atoms with E-state index >= 15 is 0 Å². The van der Waals surface area contributed by atoms with Gasteiger partial charge in [-0.05, 0) is 211 Å². The van der Waals surface area contributed by atoms with Crippen molar-refractivity contribution in [2.75, 3.05) is 0 Å². The summed E-state index contributed by atoms with van der Waals surface area (Å²) in [5.41, 5.74) is 13.3. The Labute approximate surface area is 798 Å². The van der Waals surface area contributed by atoms with Gasteiger partial charge in [0.05, 0.1) is 61.3 Å². The fourth-order valence-electron chi connectivity index (χ4n) is 18.3. The van der Waals surface area contributed by atoms with Gasteiger partial charge < -0.3 is 9.13 Å². The van der Waals surface area contributed by atoms with E-state index in [4.69, 9.17) is 29.9 Å². The molecular weight excluding hydrogens is 1810 g/mol. The summed E-state index contributed by atoms with van der Waals surface area (Å²) in [6.45, 7) is 8.71. The van der Waals surface area contributed by atoms with Crippen molar-refractivity contribution in [2.45, 2.75) is 65.5 Å².